The standard InChI is InChI=1S/C15H19N3O3S/c1-8-11-14(16-7-18(3)15(11)20)22-12(8)13(19)17-9(2)10-5-4-6-21-10/h7,9-10H,4-6H2,1-3H3,(H,17,19)/t9-,10-/m1/s1. The van der Waals surface area contributed by atoms with Crippen molar-refractivity contribution in [1.82, 2.24) is 14.9 Å². The van der Waals surface area contributed by atoms with Crippen LogP contribution in [0.4, 0.5) is 0 Å². The normalized spacial score (nSPS) is 19.5. The van der Waals surface area contributed by atoms with Crippen LogP contribution < -0.4 is 10.9 Å². The van der Waals surface area contributed by atoms with Gasteiger partial charge in [0, 0.05) is 13.7 Å². The van der Waals surface area contributed by atoms with Crippen LogP contribution in [0.2, 0.25) is 0 Å². The number of aryl methyl sites for hydroxylation is 2. The van der Waals surface area contributed by atoms with Crippen LogP contribution in [0, 0.1) is 6.92 Å². The smallest absolute Gasteiger partial charge is 0.262 e. The molecule has 3 rings (SSSR count). The van der Waals surface area contributed by atoms with E-state index in [4.69, 9.17) is 4.74 Å². The predicted molar refractivity (Wildman–Crippen MR) is 85.5 cm³/mol. The summed E-state index contributed by atoms with van der Waals surface area (Å²) in [6.45, 7) is 4.51. The van der Waals surface area contributed by atoms with Gasteiger partial charge in [0.15, 0.2) is 0 Å². The van der Waals surface area contributed by atoms with Crippen molar-refractivity contribution < 1.29 is 9.53 Å². The summed E-state index contributed by atoms with van der Waals surface area (Å²) in [6, 6.07) is -0.0459. The zero-order valence-corrected chi connectivity index (χ0v) is 13.7. The maximum Gasteiger partial charge on any atom is 0.262 e. The molecule has 2 atom stereocenters. The highest BCUT2D eigenvalue weighted by Gasteiger charge is 2.26. The van der Waals surface area contributed by atoms with Gasteiger partial charge in [-0.1, -0.05) is 0 Å². The van der Waals surface area contributed by atoms with Crippen LogP contribution in [0.1, 0.15) is 35.0 Å². The van der Waals surface area contributed by atoms with E-state index in [0.717, 1.165) is 19.4 Å². The van der Waals surface area contributed by atoms with E-state index in [0.29, 0.717) is 20.7 Å². The van der Waals surface area contributed by atoms with Crippen molar-refractivity contribution >= 4 is 27.5 Å². The summed E-state index contributed by atoms with van der Waals surface area (Å²) < 4.78 is 7.03. The van der Waals surface area contributed by atoms with Crippen molar-refractivity contribution in [2.24, 2.45) is 7.05 Å². The number of thiophene rings is 1. The number of aromatic nitrogens is 2. The molecule has 1 saturated heterocycles. The number of carbonyl (C=O) groups excluding carboxylic acids is 1. The minimum atomic E-state index is -0.162. The van der Waals surface area contributed by atoms with E-state index in [1.54, 1.807) is 14.0 Å². The molecule has 118 valence electrons. The summed E-state index contributed by atoms with van der Waals surface area (Å²) >= 11 is 1.26. The Morgan fingerprint density at radius 1 is 1.59 bits per heavy atom. The van der Waals surface area contributed by atoms with Gasteiger partial charge in [0.05, 0.1) is 28.7 Å². The van der Waals surface area contributed by atoms with Crippen LogP contribution in [0.25, 0.3) is 10.2 Å². The van der Waals surface area contributed by atoms with E-state index in [9.17, 15) is 9.59 Å². The fourth-order valence-corrected chi connectivity index (χ4v) is 3.83. The molecule has 22 heavy (non-hydrogen) atoms. The highest BCUT2D eigenvalue weighted by atomic mass is 32.1. The van der Waals surface area contributed by atoms with Gasteiger partial charge in [0.1, 0.15) is 4.83 Å². The summed E-state index contributed by atoms with van der Waals surface area (Å²) in [7, 11) is 1.66. The first-order valence-corrected chi connectivity index (χ1v) is 8.18. The number of fused-ring (bicyclic) bond motifs is 1. The molecule has 3 heterocycles. The Kier molecular flexibility index (Phi) is 4.01. The first-order valence-electron chi connectivity index (χ1n) is 7.36. The lowest BCUT2D eigenvalue weighted by Crippen LogP contribution is -2.40. The first kappa shape index (κ1) is 15.2. The number of nitrogens with one attached hydrogen (secondary N) is 1. The molecule has 1 aliphatic heterocycles. The van der Waals surface area contributed by atoms with E-state index in [1.165, 1.54) is 22.2 Å². The van der Waals surface area contributed by atoms with Crippen LogP contribution in [0.5, 0.6) is 0 Å². The fraction of sp³-hybridized carbons (Fsp3) is 0.533. The lowest BCUT2D eigenvalue weighted by molar-refractivity contribution is 0.0714. The number of hydrogen-bond acceptors (Lipinski definition) is 5. The average Bonchev–Trinajstić information content (AvgIpc) is 3.11. The molecule has 7 heteroatoms. The molecule has 0 aromatic carbocycles. The lowest BCUT2D eigenvalue weighted by atomic mass is 10.1. The third-order valence-electron chi connectivity index (χ3n) is 4.10. The zero-order chi connectivity index (χ0) is 15.9. The van der Waals surface area contributed by atoms with E-state index in [2.05, 4.69) is 10.3 Å². The number of rotatable bonds is 3. The number of nitrogens with zero attached hydrogens (tertiary/aromatic N) is 2. The molecule has 1 fully saturated rings. The lowest BCUT2D eigenvalue weighted by Gasteiger charge is -2.19. The largest absolute Gasteiger partial charge is 0.376 e. The summed E-state index contributed by atoms with van der Waals surface area (Å²) in [5, 5.41) is 3.52. The molecule has 0 bridgehead atoms. The molecule has 2 aromatic heterocycles. The summed E-state index contributed by atoms with van der Waals surface area (Å²) in [5.74, 6) is -0.162. The zero-order valence-electron chi connectivity index (χ0n) is 12.9. The Bertz CT molecular complexity index is 774. The average molecular weight is 321 g/mol. The van der Waals surface area contributed by atoms with Gasteiger partial charge in [0.25, 0.3) is 11.5 Å². The maximum absolute atomic E-state index is 12.5. The van der Waals surface area contributed by atoms with Gasteiger partial charge in [-0.05, 0) is 32.3 Å². The molecule has 1 amide bonds. The second-order valence-electron chi connectivity index (χ2n) is 5.71. The molecule has 1 N–H and O–H groups in total. The maximum atomic E-state index is 12.5. The topological polar surface area (TPSA) is 73.2 Å². The Balaban J connectivity index is 1.89. The van der Waals surface area contributed by atoms with Gasteiger partial charge in [-0.15, -0.1) is 11.3 Å². The van der Waals surface area contributed by atoms with Crippen LogP contribution in [-0.2, 0) is 11.8 Å². The number of ether oxygens (including phenoxy) is 1. The quantitative estimate of drug-likeness (QED) is 0.932. The van der Waals surface area contributed by atoms with Crippen molar-refractivity contribution in [2.75, 3.05) is 6.61 Å². The van der Waals surface area contributed by atoms with Gasteiger partial charge in [-0.3, -0.25) is 9.59 Å². The van der Waals surface area contributed by atoms with Crippen molar-refractivity contribution in [2.45, 2.75) is 38.8 Å². The van der Waals surface area contributed by atoms with Crippen molar-refractivity contribution in [1.29, 1.82) is 0 Å². The minimum absolute atomic E-state index is 0.0459. The summed E-state index contributed by atoms with van der Waals surface area (Å²) in [4.78, 5) is 30.1. The van der Waals surface area contributed by atoms with Gasteiger partial charge in [0.2, 0.25) is 0 Å². The van der Waals surface area contributed by atoms with E-state index >= 15 is 0 Å². The molecule has 0 saturated carbocycles. The Morgan fingerprint density at radius 2 is 2.36 bits per heavy atom. The van der Waals surface area contributed by atoms with Gasteiger partial charge < -0.3 is 14.6 Å². The number of amides is 1. The molecule has 6 nitrogen and oxygen atoms in total. The Hall–Kier alpha value is -1.73. The van der Waals surface area contributed by atoms with Crippen molar-refractivity contribution in [3.8, 4) is 0 Å². The third-order valence-corrected chi connectivity index (χ3v) is 5.30. The molecule has 2 aromatic rings. The molecule has 1 aliphatic rings. The predicted octanol–water partition coefficient (Wildman–Crippen LogP) is 1.60. The van der Waals surface area contributed by atoms with E-state index in [1.807, 2.05) is 6.92 Å². The Morgan fingerprint density at radius 3 is 3.05 bits per heavy atom. The van der Waals surface area contributed by atoms with Crippen molar-refractivity contribution in [3.63, 3.8) is 0 Å². The summed E-state index contributed by atoms with van der Waals surface area (Å²) in [6.07, 6.45) is 3.56. The summed E-state index contributed by atoms with van der Waals surface area (Å²) in [5.41, 5.74) is 0.579. The second kappa shape index (κ2) is 5.81. The Labute approximate surface area is 132 Å². The van der Waals surface area contributed by atoms with E-state index in [-0.39, 0.29) is 23.6 Å². The van der Waals surface area contributed by atoms with Crippen LogP contribution in [0.3, 0.4) is 0 Å². The van der Waals surface area contributed by atoms with Crippen LogP contribution in [0.15, 0.2) is 11.1 Å². The highest BCUT2D eigenvalue weighted by Crippen LogP contribution is 2.27. The SMILES string of the molecule is Cc1c(C(=O)N[C@H](C)[C@H]2CCCO2)sc2ncn(C)c(=O)c12. The first-order chi connectivity index (χ1) is 10.5. The van der Waals surface area contributed by atoms with Gasteiger partial charge in [-0.2, -0.15) is 0 Å². The molecule has 0 unspecified atom stereocenters. The molecular formula is C15H19N3O3S. The molecule has 0 aliphatic carbocycles. The van der Waals surface area contributed by atoms with Gasteiger partial charge >= 0.3 is 0 Å². The van der Waals surface area contributed by atoms with Crippen LogP contribution >= 0.6 is 11.3 Å². The number of carbonyl (C=O) groups is 1. The van der Waals surface area contributed by atoms with E-state index < -0.39 is 0 Å². The van der Waals surface area contributed by atoms with Crippen LogP contribution in [-0.4, -0.2) is 34.2 Å². The fourth-order valence-electron chi connectivity index (χ4n) is 2.79. The third kappa shape index (κ3) is 2.55. The second-order valence-corrected chi connectivity index (χ2v) is 6.71. The number of hydrogen-bond donors (Lipinski definition) is 1. The van der Waals surface area contributed by atoms with Gasteiger partial charge in [-0.25, -0.2) is 4.98 Å². The molecule has 0 spiro atoms. The highest BCUT2D eigenvalue weighted by molar-refractivity contribution is 7.20. The van der Waals surface area contributed by atoms with Crippen molar-refractivity contribution in [3.05, 3.63) is 27.1 Å². The molecule has 0 radical (unpaired) electrons. The minimum Gasteiger partial charge on any atom is -0.376 e. The monoisotopic (exact) mass is 321 g/mol. The molecular weight excluding hydrogens is 302 g/mol.